The molecule has 1 aliphatic heterocycles. The molecule has 0 radical (unpaired) electrons. The fraction of sp³-hybridized carbons (Fsp3) is 0.273. The van der Waals surface area contributed by atoms with Crippen LogP contribution in [0.4, 0.5) is 5.13 Å². The van der Waals surface area contributed by atoms with E-state index in [1.165, 1.54) is 11.3 Å². The molecule has 7 nitrogen and oxygen atoms in total. The molecule has 0 unspecified atom stereocenters. The van der Waals surface area contributed by atoms with Crippen molar-refractivity contribution in [2.24, 2.45) is 0 Å². The maximum Gasteiger partial charge on any atom is 0.226 e. The number of para-hydroxylation sites is 1. The van der Waals surface area contributed by atoms with Gasteiger partial charge in [-0.05, 0) is 36.2 Å². The quantitative estimate of drug-likeness (QED) is 0.611. The van der Waals surface area contributed by atoms with E-state index in [0.29, 0.717) is 48.4 Å². The van der Waals surface area contributed by atoms with Crippen LogP contribution in [0, 0.1) is 0 Å². The van der Waals surface area contributed by atoms with Crippen LogP contribution in [0.1, 0.15) is 12.0 Å². The molecule has 4 rings (SSSR count). The average molecular weight is 426 g/mol. The molecule has 0 saturated heterocycles. The van der Waals surface area contributed by atoms with Gasteiger partial charge in [0.25, 0.3) is 0 Å². The van der Waals surface area contributed by atoms with Crippen LogP contribution in [0.15, 0.2) is 41.8 Å². The summed E-state index contributed by atoms with van der Waals surface area (Å²) < 4.78 is 21.9. The molecule has 1 amide bonds. The monoisotopic (exact) mass is 426 g/mol. The average Bonchev–Trinajstić information content (AvgIpc) is 3.25. The van der Waals surface area contributed by atoms with Gasteiger partial charge in [0.1, 0.15) is 13.2 Å². The van der Waals surface area contributed by atoms with Crippen LogP contribution in [0.5, 0.6) is 23.0 Å². The molecular weight excluding hydrogens is 404 g/mol. The summed E-state index contributed by atoms with van der Waals surface area (Å²) in [4.78, 5) is 17.0. The Labute approximate surface area is 178 Å². The maximum atomic E-state index is 12.4. The number of aromatic nitrogens is 1. The molecule has 0 bridgehead atoms. The molecule has 0 spiro atoms. The first-order valence-corrected chi connectivity index (χ1v) is 10.4. The number of anilines is 1. The number of aryl methyl sites for hydroxylation is 1. The first-order chi connectivity index (χ1) is 14.7. The van der Waals surface area contributed by atoms with Gasteiger partial charge < -0.3 is 24.3 Å². The van der Waals surface area contributed by atoms with Crippen molar-refractivity contribution in [3.8, 4) is 34.3 Å². The summed E-state index contributed by atoms with van der Waals surface area (Å²) in [6, 6.07) is 11.4. The summed E-state index contributed by atoms with van der Waals surface area (Å²) in [5.41, 5.74) is 2.61. The van der Waals surface area contributed by atoms with Crippen molar-refractivity contribution in [3.05, 3.63) is 47.3 Å². The number of fused-ring (bicyclic) bond motifs is 1. The smallest absolute Gasteiger partial charge is 0.226 e. The second-order valence-electron chi connectivity index (χ2n) is 6.60. The molecular formula is C22H22N2O5S. The Morgan fingerprint density at radius 1 is 1.13 bits per heavy atom. The summed E-state index contributed by atoms with van der Waals surface area (Å²) >= 11 is 1.39. The van der Waals surface area contributed by atoms with Crippen LogP contribution in [-0.4, -0.2) is 38.3 Å². The third-order valence-corrected chi connectivity index (χ3v) is 5.45. The fourth-order valence-electron chi connectivity index (χ4n) is 3.25. The summed E-state index contributed by atoms with van der Waals surface area (Å²) in [6.45, 7) is 1.09. The number of ether oxygens (including phenoxy) is 4. The van der Waals surface area contributed by atoms with Crippen LogP contribution in [0.3, 0.4) is 0 Å². The Hall–Kier alpha value is -3.26. The van der Waals surface area contributed by atoms with E-state index in [0.717, 1.165) is 22.6 Å². The Bertz CT molecular complexity index is 1050. The summed E-state index contributed by atoms with van der Waals surface area (Å²) in [5, 5.41) is 5.34. The van der Waals surface area contributed by atoms with E-state index in [1.54, 1.807) is 14.2 Å². The molecule has 3 aromatic rings. The lowest BCUT2D eigenvalue weighted by Gasteiger charge is -2.18. The molecule has 0 fully saturated rings. The third-order valence-electron chi connectivity index (χ3n) is 4.69. The first-order valence-electron chi connectivity index (χ1n) is 9.53. The van der Waals surface area contributed by atoms with Gasteiger partial charge in [-0.15, -0.1) is 11.3 Å². The standard InChI is InChI=1S/C22H22N2O5S/c1-26-18-5-3-4-14(21(18)27-2)7-9-20(25)24-22-23-16(13-30-22)15-6-8-17-19(12-15)29-11-10-28-17/h3-6,8,12-13H,7,9-11H2,1-2H3,(H,23,24,25). The van der Waals surface area contributed by atoms with E-state index < -0.39 is 0 Å². The van der Waals surface area contributed by atoms with Crippen LogP contribution in [0.2, 0.25) is 0 Å². The Morgan fingerprint density at radius 2 is 1.97 bits per heavy atom. The van der Waals surface area contributed by atoms with Crippen molar-refractivity contribution in [1.82, 2.24) is 4.98 Å². The molecule has 8 heteroatoms. The number of hydrogen-bond donors (Lipinski definition) is 1. The molecule has 0 aliphatic carbocycles. The van der Waals surface area contributed by atoms with Gasteiger partial charge in [0, 0.05) is 17.4 Å². The van der Waals surface area contributed by atoms with Crippen LogP contribution < -0.4 is 24.3 Å². The zero-order valence-electron chi connectivity index (χ0n) is 16.8. The molecule has 2 heterocycles. The van der Waals surface area contributed by atoms with Gasteiger partial charge in [-0.25, -0.2) is 4.98 Å². The van der Waals surface area contributed by atoms with E-state index in [-0.39, 0.29) is 5.91 Å². The van der Waals surface area contributed by atoms with Gasteiger partial charge in [0.2, 0.25) is 5.91 Å². The minimum atomic E-state index is -0.108. The zero-order chi connectivity index (χ0) is 20.9. The van der Waals surface area contributed by atoms with E-state index in [9.17, 15) is 4.79 Å². The van der Waals surface area contributed by atoms with Crippen molar-refractivity contribution in [3.63, 3.8) is 0 Å². The predicted molar refractivity (Wildman–Crippen MR) is 115 cm³/mol. The Kier molecular flexibility index (Phi) is 6.04. The summed E-state index contributed by atoms with van der Waals surface area (Å²) in [7, 11) is 3.19. The number of amides is 1. The normalized spacial score (nSPS) is 12.3. The molecule has 156 valence electrons. The van der Waals surface area contributed by atoms with E-state index in [4.69, 9.17) is 18.9 Å². The number of carbonyl (C=O) groups is 1. The molecule has 0 saturated carbocycles. The van der Waals surface area contributed by atoms with Crippen LogP contribution >= 0.6 is 11.3 Å². The van der Waals surface area contributed by atoms with Crippen LogP contribution in [0.25, 0.3) is 11.3 Å². The fourth-order valence-corrected chi connectivity index (χ4v) is 3.98. The number of methoxy groups -OCH3 is 2. The topological polar surface area (TPSA) is 78.9 Å². The van der Waals surface area contributed by atoms with Crippen molar-refractivity contribution in [1.29, 1.82) is 0 Å². The lowest BCUT2D eigenvalue weighted by Crippen LogP contribution is -2.15. The molecule has 0 atom stereocenters. The lowest BCUT2D eigenvalue weighted by molar-refractivity contribution is -0.116. The molecule has 1 aliphatic rings. The highest BCUT2D eigenvalue weighted by Crippen LogP contribution is 2.35. The third kappa shape index (κ3) is 4.33. The number of hydrogen-bond acceptors (Lipinski definition) is 7. The van der Waals surface area contributed by atoms with Gasteiger partial charge in [-0.1, -0.05) is 12.1 Å². The molecule has 1 N–H and O–H groups in total. The molecule has 30 heavy (non-hydrogen) atoms. The second-order valence-corrected chi connectivity index (χ2v) is 7.46. The van der Waals surface area contributed by atoms with Gasteiger partial charge >= 0.3 is 0 Å². The lowest BCUT2D eigenvalue weighted by atomic mass is 10.1. The highest BCUT2D eigenvalue weighted by Gasteiger charge is 2.15. The predicted octanol–water partition coefficient (Wildman–Crippen LogP) is 4.17. The van der Waals surface area contributed by atoms with Gasteiger partial charge in [-0.2, -0.15) is 0 Å². The van der Waals surface area contributed by atoms with Gasteiger partial charge in [-0.3, -0.25) is 4.79 Å². The van der Waals surface area contributed by atoms with Crippen molar-refractivity contribution in [2.75, 3.05) is 32.8 Å². The second kappa shape index (κ2) is 9.04. The van der Waals surface area contributed by atoms with Gasteiger partial charge in [0.05, 0.1) is 19.9 Å². The highest BCUT2D eigenvalue weighted by atomic mass is 32.1. The van der Waals surface area contributed by atoms with Crippen molar-refractivity contribution < 1.29 is 23.7 Å². The molecule has 2 aromatic carbocycles. The SMILES string of the molecule is COc1cccc(CCC(=O)Nc2nc(-c3ccc4c(c3)OCCO4)cs2)c1OC. The summed E-state index contributed by atoms with van der Waals surface area (Å²) in [5.74, 6) is 2.65. The first kappa shape index (κ1) is 20.0. The number of nitrogens with one attached hydrogen (secondary N) is 1. The van der Waals surface area contributed by atoms with E-state index in [2.05, 4.69) is 10.3 Å². The largest absolute Gasteiger partial charge is 0.493 e. The minimum absolute atomic E-state index is 0.108. The maximum absolute atomic E-state index is 12.4. The Morgan fingerprint density at radius 3 is 2.77 bits per heavy atom. The number of nitrogens with zero attached hydrogens (tertiary/aromatic N) is 1. The number of thiazole rings is 1. The molecule has 1 aromatic heterocycles. The highest BCUT2D eigenvalue weighted by molar-refractivity contribution is 7.14. The summed E-state index contributed by atoms with van der Waals surface area (Å²) in [6.07, 6.45) is 0.842. The van der Waals surface area contributed by atoms with E-state index in [1.807, 2.05) is 41.8 Å². The van der Waals surface area contributed by atoms with Crippen LogP contribution in [-0.2, 0) is 11.2 Å². The van der Waals surface area contributed by atoms with Gasteiger partial charge in [0.15, 0.2) is 28.1 Å². The number of benzene rings is 2. The van der Waals surface area contributed by atoms with Crippen molar-refractivity contribution in [2.45, 2.75) is 12.8 Å². The minimum Gasteiger partial charge on any atom is -0.493 e. The van der Waals surface area contributed by atoms with Crippen molar-refractivity contribution >= 4 is 22.4 Å². The zero-order valence-corrected chi connectivity index (χ0v) is 17.6. The Balaban J connectivity index is 1.39. The number of carbonyl (C=O) groups excluding carboxylic acids is 1. The number of rotatable bonds is 7. The van der Waals surface area contributed by atoms with E-state index >= 15 is 0 Å².